The van der Waals surface area contributed by atoms with Crippen LogP contribution in [0, 0.1) is 0 Å². The van der Waals surface area contributed by atoms with Crippen LogP contribution in [0.1, 0.15) is 24.3 Å². The van der Waals surface area contributed by atoms with Gasteiger partial charge in [0.1, 0.15) is 5.75 Å². The lowest BCUT2D eigenvalue weighted by Gasteiger charge is -2.16. The summed E-state index contributed by atoms with van der Waals surface area (Å²) < 4.78 is 42.7. The van der Waals surface area contributed by atoms with Crippen LogP contribution in [0.2, 0.25) is 0 Å². The molecule has 0 bridgehead atoms. The Hall–Kier alpha value is -0.420. The zero-order chi connectivity index (χ0) is 13.1. The van der Waals surface area contributed by atoms with Gasteiger partial charge < -0.3 is 4.74 Å². The first-order chi connectivity index (χ1) is 7.83. The van der Waals surface area contributed by atoms with E-state index in [1.54, 1.807) is 25.1 Å². The molecule has 1 nitrogen and oxygen atoms in total. The smallest absolute Gasteiger partial charge is 0.390 e. The van der Waals surface area contributed by atoms with Crippen molar-refractivity contribution in [1.82, 2.24) is 0 Å². The van der Waals surface area contributed by atoms with Crippen molar-refractivity contribution in [2.45, 2.75) is 24.9 Å². The Bertz CT molecular complexity index is 381. The quantitative estimate of drug-likeness (QED) is 0.699. The van der Waals surface area contributed by atoms with Gasteiger partial charge in [0.25, 0.3) is 0 Å². The number of ether oxygens (including phenoxy) is 1. The maximum atomic E-state index is 12.3. The molecule has 0 N–H and O–H groups in total. The second-order valence-corrected chi connectivity index (χ2v) is 4.84. The van der Waals surface area contributed by atoms with Gasteiger partial charge in [-0.05, 0) is 25.1 Å². The highest BCUT2D eigenvalue weighted by Gasteiger charge is 2.32. The van der Waals surface area contributed by atoms with Gasteiger partial charge in [0.2, 0.25) is 0 Å². The Balaban J connectivity index is 2.97. The van der Waals surface area contributed by atoms with Crippen LogP contribution in [-0.2, 0) is 0 Å². The molecule has 1 aromatic carbocycles. The summed E-state index contributed by atoms with van der Waals surface area (Å²) >= 11 is 8.98. The topological polar surface area (TPSA) is 9.23 Å². The van der Waals surface area contributed by atoms with E-state index in [0.29, 0.717) is 22.4 Å². The zero-order valence-electron chi connectivity index (χ0n) is 9.02. The van der Waals surface area contributed by atoms with Crippen LogP contribution in [0.5, 0.6) is 5.75 Å². The highest BCUT2D eigenvalue weighted by Crippen LogP contribution is 2.39. The number of benzene rings is 1. The fourth-order valence-electron chi connectivity index (χ4n) is 1.36. The van der Waals surface area contributed by atoms with Crippen molar-refractivity contribution in [3.63, 3.8) is 0 Å². The predicted octanol–water partition coefficient (Wildman–Crippen LogP) is 5.08. The predicted molar refractivity (Wildman–Crippen MR) is 64.6 cm³/mol. The van der Waals surface area contributed by atoms with Crippen molar-refractivity contribution in [3.8, 4) is 5.75 Å². The van der Waals surface area contributed by atoms with Gasteiger partial charge in [0, 0.05) is 10.0 Å². The standard InChI is InChI=1S/C11H11BrClF3O/c1-2-17-10-4-3-7(12)5-8(10)9(13)6-11(14,15)16/h3-5,9H,2,6H2,1H3. The molecule has 1 aromatic rings. The summed E-state index contributed by atoms with van der Waals surface area (Å²) in [7, 11) is 0. The van der Waals surface area contributed by atoms with Crippen LogP contribution >= 0.6 is 27.5 Å². The van der Waals surface area contributed by atoms with E-state index in [0.717, 1.165) is 0 Å². The Kier molecular flexibility index (Phi) is 5.13. The largest absolute Gasteiger partial charge is 0.494 e. The van der Waals surface area contributed by atoms with E-state index < -0.39 is 18.0 Å². The summed E-state index contributed by atoms with van der Waals surface area (Å²) in [6, 6.07) is 4.86. The minimum atomic E-state index is -4.29. The lowest BCUT2D eigenvalue weighted by Crippen LogP contribution is -2.11. The molecule has 0 spiro atoms. The van der Waals surface area contributed by atoms with Crippen LogP contribution in [-0.4, -0.2) is 12.8 Å². The van der Waals surface area contributed by atoms with E-state index in [-0.39, 0.29) is 0 Å². The third kappa shape index (κ3) is 4.76. The molecule has 0 amide bonds. The Labute approximate surface area is 111 Å². The molecule has 0 aromatic heterocycles. The van der Waals surface area contributed by atoms with Crippen LogP contribution < -0.4 is 4.74 Å². The summed E-state index contributed by atoms with van der Waals surface area (Å²) in [6.07, 6.45) is -5.37. The first kappa shape index (κ1) is 14.6. The van der Waals surface area contributed by atoms with Gasteiger partial charge in [-0.2, -0.15) is 13.2 Å². The van der Waals surface area contributed by atoms with Gasteiger partial charge in [-0.3, -0.25) is 0 Å². The molecule has 6 heteroatoms. The molecule has 1 atom stereocenters. The van der Waals surface area contributed by atoms with Crippen molar-refractivity contribution in [3.05, 3.63) is 28.2 Å². The van der Waals surface area contributed by atoms with Gasteiger partial charge in [-0.25, -0.2) is 0 Å². The number of rotatable bonds is 4. The average molecular weight is 332 g/mol. The second kappa shape index (κ2) is 5.96. The molecule has 0 aliphatic heterocycles. The number of hydrogen-bond acceptors (Lipinski definition) is 1. The first-order valence-corrected chi connectivity index (χ1v) is 6.19. The molecule has 0 heterocycles. The van der Waals surface area contributed by atoms with E-state index in [1.165, 1.54) is 0 Å². The van der Waals surface area contributed by atoms with Crippen LogP contribution in [0.3, 0.4) is 0 Å². The second-order valence-electron chi connectivity index (χ2n) is 3.40. The molecule has 0 saturated carbocycles. The zero-order valence-corrected chi connectivity index (χ0v) is 11.4. The summed E-state index contributed by atoms with van der Waals surface area (Å²) in [5.74, 6) is 0.389. The molecule has 1 rings (SSSR count). The molecule has 0 fully saturated rings. The summed E-state index contributed by atoms with van der Waals surface area (Å²) in [4.78, 5) is 0. The van der Waals surface area contributed by atoms with Crippen LogP contribution in [0.15, 0.2) is 22.7 Å². The first-order valence-electron chi connectivity index (χ1n) is 4.96. The Morgan fingerprint density at radius 2 is 2.06 bits per heavy atom. The normalized spacial score (nSPS) is 13.5. The van der Waals surface area contributed by atoms with Crippen molar-refractivity contribution in [2.24, 2.45) is 0 Å². The molecule has 0 aliphatic rings. The van der Waals surface area contributed by atoms with E-state index >= 15 is 0 Å². The molecule has 96 valence electrons. The third-order valence-electron chi connectivity index (χ3n) is 2.02. The highest BCUT2D eigenvalue weighted by molar-refractivity contribution is 9.10. The highest BCUT2D eigenvalue weighted by atomic mass is 79.9. The molecule has 0 aliphatic carbocycles. The molecule has 0 saturated heterocycles. The van der Waals surface area contributed by atoms with Gasteiger partial charge in [0.05, 0.1) is 18.4 Å². The SMILES string of the molecule is CCOc1ccc(Br)cc1C(Cl)CC(F)(F)F. The maximum Gasteiger partial charge on any atom is 0.390 e. The van der Waals surface area contributed by atoms with E-state index in [4.69, 9.17) is 16.3 Å². The third-order valence-corrected chi connectivity index (χ3v) is 2.90. The number of alkyl halides is 4. The van der Waals surface area contributed by atoms with Crippen LogP contribution in [0.25, 0.3) is 0 Å². The summed E-state index contributed by atoms with van der Waals surface area (Å²) in [6.45, 7) is 2.14. The molecular weight excluding hydrogens is 320 g/mol. The lowest BCUT2D eigenvalue weighted by atomic mass is 10.1. The Morgan fingerprint density at radius 3 is 2.59 bits per heavy atom. The van der Waals surface area contributed by atoms with Gasteiger partial charge >= 0.3 is 6.18 Å². The molecule has 0 radical (unpaired) electrons. The molecule has 1 unspecified atom stereocenters. The minimum Gasteiger partial charge on any atom is -0.494 e. The van der Waals surface area contributed by atoms with Crippen molar-refractivity contribution in [1.29, 1.82) is 0 Å². The number of hydrogen-bond donors (Lipinski definition) is 0. The van der Waals surface area contributed by atoms with Crippen LogP contribution in [0.4, 0.5) is 13.2 Å². The van der Waals surface area contributed by atoms with Gasteiger partial charge in [-0.15, -0.1) is 11.6 Å². The molecular formula is C11H11BrClF3O. The lowest BCUT2D eigenvalue weighted by molar-refractivity contribution is -0.134. The fourth-order valence-corrected chi connectivity index (χ4v) is 2.09. The van der Waals surface area contributed by atoms with Gasteiger partial charge in [0.15, 0.2) is 0 Å². The fraction of sp³-hybridized carbons (Fsp3) is 0.455. The monoisotopic (exact) mass is 330 g/mol. The maximum absolute atomic E-state index is 12.3. The van der Waals surface area contributed by atoms with E-state index in [9.17, 15) is 13.2 Å². The van der Waals surface area contributed by atoms with Gasteiger partial charge in [-0.1, -0.05) is 15.9 Å². The van der Waals surface area contributed by atoms with Crippen molar-refractivity contribution >= 4 is 27.5 Å². The molecule has 17 heavy (non-hydrogen) atoms. The Morgan fingerprint density at radius 1 is 1.41 bits per heavy atom. The number of halogens is 5. The summed E-state index contributed by atoms with van der Waals surface area (Å²) in [5, 5.41) is -1.14. The minimum absolute atomic E-state index is 0.347. The van der Waals surface area contributed by atoms with Crippen molar-refractivity contribution in [2.75, 3.05) is 6.61 Å². The van der Waals surface area contributed by atoms with E-state index in [2.05, 4.69) is 15.9 Å². The van der Waals surface area contributed by atoms with E-state index in [1.807, 2.05) is 0 Å². The average Bonchev–Trinajstić information content (AvgIpc) is 2.18. The van der Waals surface area contributed by atoms with Crippen molar-refractivity contribution < 1.29 is 17.9 Å². The summed E-state index contributed by atoms with van der Waals surface area (Å²) in [5.41, 5.74) is 0.347.